The molecular formula is C11H22N2O. The van der Waals surface area contributed by atoms with Crippen LogP contribution in [-0.2, 0) is 0 Å². The maximum atomic E-state index is 9.35. The third-order valence-electron chi connectivity index (χ3n) is 3.53. The van der Waals surface area contributed by atoms with Crippen LogP contribution in [0.2, 0.25) is 0 Å². The lowest BCUT2D eigenvalue weighted by atomic mass is 9.95. The van der Waals surface area contributed by atoms with Crippen LogP contribution >= 0.6 is 0 Å². The highest BCUT2D eigenvalue weighted by Crippen LogP contribution is 2.24. The Morgan fingerprint density at radius 3 is 2.57 bits per heavy atom. The molecular weight excluding hydrogens is 176 g/mol. The molecule has 2 rings (SSSR count). The molecule has 0 spiro atoms. The highest BCUT2D eigenvalue weighted by Gasteiger charge is 2.30. The molecule has 0 aromatic heterocycles. The summed E-state index contributed by atoms with van der Waals surface area (Å²) in [7, 11) is 2.17. The van der Waals surface area contributed by atoms with E-state index in [2.05, 4.69) is 17.3 Å². The van der Waals surface area contributed by atoms with Crippen LogP contribution in [0.1, 0.15) is 25.7 Å². The summed E-state index contributed by atoms with van der Waals surface area (Å²) in [6, 6.07) is 1.31. The van der Waals surface area contributed by atoms with E-state index in [-0.39, 0.29) is 0 Å². The summed E-state index contributed by atoms with van der Waals surface area (Å²) in [4.78, 5) is 2.37. The molecule has 1 saturated heterocycles. The van der Waals surface area contributed by atoms with Crippen LogP contribution in [0.15, 0.2) is 0 Å². The topological polar surface area (TPSA) is 35.5 Å². The number of nitrogens with zero attached hydrogens (tertiary/aromatic N) is 1. The normalized spacial score (nSPS) is 35.6. The van der Waals surface area contributed by atoms with Crippen LogP contribution in [0.5, 0.6) is 0 Å². The van der Waals surface area contributed by atoms with Crippen LogP contribution in [0.25, 0.3) is 0 Å². The van der Waals surface area contributed by atoms with Crippen molar-refractivity contribution in [3.05, 3.63) is 0 Å². The second-order valence-corrected chi connectivity index (χ2v) is 4.87. The molecule has 2 aliphatic rings. The minimum absolute atomic E-state index is 0.345. The Kier molecular flexibility index (Phi) is 3.42. The fourth-order valence-electron chi connectivity index (χ4n) is 2.29. The number of rotatable bonds is 3. The zero-order valence-electron chi connectivity index (χ0n) is 9.08. The molecule has 3 heteroatoms. The van der Waals surface area contributed by atoms with E-state index in [1.165, 1.54) is 25.8 Å². The van der Waals surface area contributed by atoms with E-state index >= 15 is 0 Å². The Balaban J connectivity index is 1.88. The standard InChI is InChI=1S/C11H22N2O/c1-13-6-4-9(8-14)11(5-7-13)12-10-2-3-10/h9-12,14H,2-8H2,1H3. The van der Waals surface area contributed by atoms with Crippen LogP contribution in [0, 0.1) is 5.92 Å². The van der Waals surface area contributed by atoms with Gasteiger partial charge in [0, 0.05) is 18.7 Å². The monoisotopic (exact) mass is 198 g/mol. The van der Waals surface area contributed by atoms with Gasteiger partial charge in [0.05, 0.1) is 0 Å². The van der Waals surface area contributed by atoms with Gasteiger partial charge >= 0.3 is 0 Å². The Labute approximate surface area is 86.5 Å². The van der Waals surface area contributed by atoms with E-state index in [9.17, 15) is 5.11 Å². The summed E-state index contributed by atoms with van der Waals surface area (Å²) in [6.45, 7) is 2.65. The molecule has 0 aromatic carbocycles. The quantitative estimate of drug-likeness (QED) is 0.691. The summed E-state index contributed by atoms with van der Waals surface area (Å²) >= 11 is 0. The molecule has 0 radical (unpaired) electrons. The van der Waals surface area contributed by atoms with Crippen molar-refractivity contribution in [1.29, 1.82) is 0 Å². The second kappa shape index (κ2) is 4.60. The van der Waals surface area contributed by atoms with Gasteiger partial charge in [0.25, 0.3) is 0 Å². The first kappa shape index (κ1) is 10.4. The minimum Gasteiger partial charge on any atom is -0.396 e. The molecule has 2 N–H and O–H groups in total. The highest BCUT2D eigenvalue weighted by molar-refractivity contribution is 4.89. The molecule has 1 aliphatic carbocycles. The van der Waals surface area contributed by atoms with Gasteiger partial charge in [0.15, 0.2) is 0 Å². The summed E-state index contributed by atoms with van der Waals surface area (Å²) in [6.07, 6.45) is 5.00. The smallest absolute Gasteiger partial charge is 0.0474 e. The summed E-state index contributed by atoms with van der Waals surface area (Å²) < 4.78 is 0. The Morgan fingerprint density at radius 2 is 1.93 bits per heavy atom. The van der Waals surface area contributed by atoms with Crippen LogP contribution in [-0.4, -0.2) is 48.8 Å². The van der Waals surface area contributed by atoms with Gasteiger partial charge in [-0.1, -0.05) is 0 Å². The molecule has 0 aromatic rings. The molecule has 2 fully saturated rings. The van der Waals surface area contributed by atoms with E-state index in [4.69, 9.17) is 0 Å². The molecule has 1 saturated carbocycles. The van der Waals surface area contributed by atoms with Crippen molar-refractivity contribution in [3.63, 3.8) is 0 Å². The molecule has 0 amide bonds. The van der Waals surface area contributed by atoms with Crippen molar-refractivity contribution in [2.75, 3.05) is 26.7 Å². The number of aliphatic hydroxyl groups is 1. The van der Waals surface area contributed by atoms with Crippen LogP contribution in [0.3, 0.4) is 0 Å². The van der Waals surface area contributed by atoms with E-state index < -0.39 is 0 Å². The van der Waals surface area contributed by atoms with Gasteiger partial charge in [0.1, 0.15) is 0 Å². The van der Waals surface area contributed by atoms with E-state index in [0.717, 1.165) is 19.0 Å². The summed E-state index contributed by atoms with van der Waals surface area (Å²) in [5.41, 5.74) is 0. The molecule has 1 aliphatic heterocycles. The van der Waals surface area contributed by atoms with Crippen LogP contribution < -0.4 is 5.32 Å². The van der Waals surface area contributed by atoms with Crippen molar-refractivity contribution in [2.24, 2.45) is 5.92 Å². The van der Waals surface area contributed by atoms with E-state index in [0.29, 0.717) is 18.6 Å². The summed E-state index contributed by atoms with van der Waals surface area (Å²) in [5, 5.41) is 13.0. The van der Waals surface area contributed by atoms with Crippen molar-refractivity contribution >= 4 is 0 Å². The Bertz CT molecular complexity index is 182. The Hall–Kier alpha value is -0.120. The predicted octanol–water partition coefficient (Wildman–Crippen LogP) is 0.441. The largest absolute Gasteiger partial charge is 0.396 e. The lowest BCUT2D eigenvalue weighted by Crippen LogP contribution is -2.39. The molecule has 3 nitrogen and oxygen atoms in total. The molecule has 1 heterocycles. The minimum atomic E-state index is 0.345. The fraction of sp³-hybridized carbons (Fsp3) is 1.00. The van der Waals surface area contributed by atoms with Gasteiger partial charge in [-0.2, -0.15) is 0 Å². The van der Waals surface area contributed by atoms with E-state index in [1.54, 1.807) is 0 Å². The molecule has 0 bridgehead atoms. The summed E-state index contributed by atoms with van der Waals surface area (Å²) in [5.74, 6) is 0.473. The number of hydrogen-bond acceptors (Lipinski definition) is 3. The van der Waals surface area contributed by atoms with Crippen LogP contribution in [0.4, 0.5) is 0 Å². The maximum absolute atomic E-state index is 9.35. The van der Waals surface area contributed by atoms with E-state index in [1.807, 2.05) is 0 Å². The first-order valence-electron chi connectivity index (χ1n) is 5.85. The zero-order chi connectivity index (χ0) is 9.97. The lowest BCUT2D eigenvalue weighted by Gasteiger charge is -2.24. The number of likely N-dealkylation sites (tertiary alicyclic amines) is 1. The zero-order valence-corrected chi connectivity index (χ0v) is 9.08. The lowest BCUT2D eigenvalue weighted by molar-refractivity contribution is 0.183. The number of nitrogens with one attached hydrogen (secondary N) is 1. The fourth-order valence-corrected chi connectivity index (χ4v) is 2.29. The van der Waals surface area contributed by atoms with Crippen molar-refractivity contribution in [2.45, 2.75) is 37.8 Å². The van der Waals surface area contributed by atoms with Gasteiger partial charge in [0.2, 0.25) is 0 Å². The van der Waals surface area contributed by atoms with Gasteiger partial charge < -0.3 is 15.3 Å². The van der Waals surface area contributed by atoms with Gasteiger partial charge in [-0.25, -0.2) is 0 Å². The predicted molar refractivity (Wildman–Crippen MR) is 57.3 cm³/mol. The third kappa shape index (κ3) is 2.69. The van der Waals surface area contributed by atoms with Gasteiger partial charge in [-0.3, -0.25) is 0 Å². The Morgan fingerprint density at radius 1 is 1.21 bits per heavy atom. The van der Waals surface area contributed by atoms with Crippen molar-refractivity contribution in [3.8, 4) is 0 Å². The molecule has 14 heavy (non-hydrogen) atoms. The maximum Gasteiger partial charge on any atom is 0.0474 e. The first-order valence-corrected chi connectivity index (χ1v) is 5.85. The first-order chi connectivity index (χ1) is 6.79. The van der Waals surface area contributed by atoms with Crippen molar-refractivity contribution in [1.82, 2.24) is 10.2 Å². The third-order valence-corrected chi connectivity index (χ3v) is 3.53. The SMILES string of the molecule is CN1CCC(CO)C(NC2CC2)CC1. The second-order valence-electron chi connectivity index (χ2n) is 4.87. The number of aliphatic hydroxyl groups excluding tert-OH is 1. The number of hydrogen-bond donors (Lipinski definition) is 2. The average molecular weight is 198 g/mol. The van der Waals surface area contributed by atoms with Gasteiger partial charge in [-0.05, 0) is 51.7 Å². The molecule has 2 unspecified atom stereocenters. The van der Waals surface area contributed by atoms with Gasteiger partial charge in [-0.15, -0.1) is 0 Å². The highest BCUT2D eigenvalue weighted by atomic mass is 16.3. The molecule has 82 valence electrons. The average Bonchev–Trinajstić information content (AvgIpc) is 2.98. The van der Waals surface area contributed by atoms with Crippen molar-refractivity contribution < 1.29 is 5.11 Å². The molecule has 2 atom stereocenters.